The number of alkyl halides is 3. The summed E-state index contributed by atoms with van der Waals surface area (Å²) in [5.74, 6) is 0. The first-order valence-electron chi connectivity index (χ1n) is 4.71. The molecule has 6 heteroatoms. The van der Waals surface area contributed by atoms with Crippen molar-refractivity contribution >= 4 is 24.4 Å². The van der Waals surface area contributed by atoms with E-state index in [1.54, 1.807) is 19.9 Å². The predicted molar refractivity (Wildman–Crippen MR) is 61.5 cm³/mol. The lowest BCUT2D eigenvalue weighted by molar-refractivity contribution is -0.129. The first kappa shape index (κ1) is 13.8. The molecule has 17 heavy (non-hydrogen) atoms. The van der Waals surface area contributed by atoms with Crippen LogP contribution in [0.1, 0.15) is 21.9 Å². The predicted octanol–water partition coefficient (Wildman–Crippen LogP) is 3.80. The van der Waals surface area contributed by atoms with Gasteiger partial charge in [0, 0.05) is 0 Å². The number of aryl methyl sites for hydroxylation is 2. The number of rotatable bonds is 2. The minimum Gasteiger partial charge on any atom is -0.211 e. The molecule has 1 aromatic rings. The van der Waals surface area contributed by atoms with Gasteiger partial charge in [-0.05, 0) is 36.6 Å². The molecule has 1 rings (SSSR count). The molecular weight excluding hydrogens is 251 g/mol. The Kier molecular flexibility index (Phi) is 4.01. The smallest absolute Gasteiger partial charge is 0.211 e. The van der Waals surface area contributed by atoms with Gasteiger partial charge in [0.15, 0.2) is 0 Å². The Hall–Kier alpha value is -1.26. The topological polar surface area (TPSA) is 29.4 Å². The third kappa shape index (κ3) is 3.11. The lowest BCUT2D eigenvalue weighted by atomic mass is 10.0. The quantitative estimate of drug-likeness (QED) is 0.489. The van der Waals surface area contributed by atoms with Crippen LogP contribution in [0.3, 0.4) is 0 Å². The zero-order chi connectivity index (χ0) is 13.2. The van der Waals surface area contributed by atoms with Gasteiger partial charge < -0.3 is 0 Å². The Morgan fingerprint density at radius 1 is 1.29 bits per heavy atom. The summed E-state index contributed by atoms with van der Waals surface area (Å²) < 4.78 is 37.6. The van der Waals surface area contributed by atoms with Gasteiger partial charge in [-0.1, -0.05) is 6.07 Å². The first-order chi connectivity index (χ1) is 7.77. The van der Waals surface area contributed by atoms with Crippen LogP contribution in [-0.2, 0) is 4.79 Å². The van der Waals surface area contributed by atoms with Gasteiger partial charge in [0.1, 0.15) is 5.25 Å². The Morgan fingerprint density at radius 2 is 1.88 bits per heavy atom. The van der Waals surface area contributed by atoms with Crippen molar-refractivity contribution in [3.63, 3.8) is 0 Å². The van der Waals surface area contributed by atoms with E-state index in [1.165, 1.54) is 12.1 Å². The van der Waals surface area contributed by atoms with E-state index in [9.17, 15) is 18.0 Å². The normalized spacial score (nSPS) is 13.1. The van der Waals surface area contributed by atoms with E-state index in [2.05, 4.69) is 17.6 Å². The average Bonchev–Trinajstić information content (AvgIpc) is 2.20. The number of nitrogens with zero attached hydrogens (tertiary/aromatic N) is 1. The van der Waals surface area contributed by atoms with Crippen molar-refractivity contribution in [1.29, 1.82) is 0 Å². The summed E-state index contributed by atoms with van der Waals surface area (Å²) in [6.07, 6.45) is -3.12. The van der Waals surface area contributed by atoms with E-state index >= 15 is 0 Å². The van der Waals surface area contributed by atoms with Crippen molar-refractivity contribution in [1.82, 2.24) is 0 Å². The molecule has 0 amide bonds. The van der Waals surface area contributed by atoms with Crippen molar-refractivity contribution in [3.8, 4) is 0 Å². The van der Waals surface area contributed by atoms with Gasteiger partial charge in [-0.15, -0.1) is 0 Å². The van der Waals surface area contributed by atoms with E-state index in [0.29, 0.717) is 11.1 Å². The number of isocyanates is 1. The van der Waals surface area contributed by atoms with Crippen molar-refractivity contribution in [2.75, 3.05) is 0 Å². The number of benzene rings is 1. The van der Waals surface area contributed by atoms with E-state index in [4.69, 9.17) is 0 Å². The van der Waals surface area contributed by atoms with Gasteiger partial charge in [-0.25, -0.2) is 4.79 Å². The molecule has 92 valence electrons. The van der Waals surface area contributed by atoms with Crippen LogP contribution in [0.5, 0.6) is 0 Å². The third-order valence-electron chi connectivity index (χ3n) is 2.36. The highest BCUT2D eigenvalue weighted by atomic mass is 32.1. The summed E-state index contributed by atoms with van der Waals surface area (Å²) in [5, 5.41) is -1.89. The summed E-state index contributed by atoms with van der Waals surface area (Å²) >= 11 is 3.55. The lowest BCUT2D eigenvalue weighted by Gasteiger charge is -2.18. The van der Waals surface area contributed by atoms with Crippen LogP contribution >= 0.6 is 12.6 Å². The van der Waals surface area contributed by atoms with Crippen molar-refractivity contribution < 1.29 is 18.0 Å². The molecule has 0 radical (unpaired) electrons. The molecule has 0 heterocycles. The molecule has 0 N–H and O–H groups in total. The fourth-order valence-corrected chi connectivity index (χ4v) is 1.78. The van der Waals surface area contributed by atoms with Crippen LogP contribution < -0.4 is 0 Å². The maximum Gasteiger partial charge on any atom is 0.404 e. The second-order valence-corrected chi connectivity index (χ2v) is 4.16. The Morgan fingerprint density at radius 3 is 2.35 bits per heavy atom. The third-order valence-corrected chi connectivity index (χ3v) is 2.93. The van der Waals surface area contributed by atoms with Crippen molar-refractivity contribution in [2.45, 2.75) is 25.3 Å². The van der Waals surface area contributed by atoms with Crippen LogP contribution in [-0.4, -0.2) is 12.3 Å². The molecule has 1 unspecified atom stereocenters. The largest absolute Gasteiger partial charge is 0.404 e. The number of thiol groups is 1. The maximum atomic E-state index is 12.5. The average molecular weight is 261 g/mol. The summed E-state index contributed by atoms with van der Waals surface area (Å²) in [7, 11) is 0. The molecule has 0 spiro atoms. The standard InChI is InChI=1S/C11H10F3NOS/c1-6-3-7(2)9(15-5-16)4-8(6)10(17)11(12,13)14/h3-4,10,17H,1-2H3. The Bertz CT molecular complexity index is 478. The van der Waals surface area contributed by atoms with Gasteiger partial charge in [-0.3, -0.25) is 0 Å². The second-order valence-electron chi connectivity index (χ2n) is 3.64. The minimum atomic E-state index is -4.44. The van der Waals surface area contributed by atoms with Crippen molar-refractivity contribution in [2.24, 2.45) is 4.99 Å². The molecular formula is C11H10F3NOS. The van der Waals surface area contributed by atoms with Crippen LogP contribution in [0.15, 0.2) is 17.1 Å². The van der Waals surface area contributed by atoms with Crippen LogP contribution in [0.4, 0.5) is 18.9 Å². The number of halogens is 3. The van der Waals surface area contributed by atoms with Gasteiger partial charge in [0.25, 0.3) is 0 Å². The zero-order valence-corrected chi connectivity index (χ0v) is 10.1. The van der Waals surface area contributed by atoms with Crippen LogP contribution in [0.2, 0.25) is 0 Å². The number of hydrogen-bond acceptors (Lipinski definition) is 3. The van der Waals surface area contributed by atoms with Crippen LogP contribution in [0.25, 0.3) is 0 Å². The van der Waals surface area contributed by atoms with E-state index in [0.717, 1.165) is 0 Å². The summed E-state index contributed by atoms with van der Waals surface area (Å²) in [6.45, 7) is 3.22. The fraction of sp³-hybridized carbons (Fsp3) is 0.364. The molecule has 0 aliphatic carbocycles. The molecule has 0 aromatic heterocycles. The molecule has 0 aliphatic rings. The molecule has 0 bridgehead atoms. The molecule has 1 atom stereocenters. The van der Waals surface area contributed by atoms with Gasteiger partial charge in [0.2, 0.25) is 6.08 Å². The van der Waals surface area contributed by atoms with Gasteiger partial charge in [0.05, 0.1) is 5.69 Å². The SMILES string of the molecule is Cc1cc(C)c(C(S)C(F)(F)F)cc1N=C=O. The number of hydrogen-bond donors (Lipinski definition) is 1. The molecule has 0 saturated carbocycles. The molecule has 0 saturated heterocycles. The Balaban J connectivity index is 3.34. The summed E-state index contributed by atoms with van der Waals surface area (Å²) in [4.78, 5) is 13.5. The minimum absolute atomic E-state index is 0.000401. The Labute approximate surface area is 102 Å². The fourth-order valence-electron chi connectivity index (χ4n) is 1.50. The highest BCUT2D eigenvalue weighted by molar-refractivity contribution is 7.80. The maximum absolute atomic E-state index is 12.5. The highest BCUT2D eigenvalue weighted by Gasteiger charge is 2.39. The molecule has 0 aliphatic heterocycles. The van der Waals surface area contributed by atoms with Gasteiger partial charge in [-0.2, -0.15) is 30.8 Å². The summed E-state index contributed by atoms with van der Waals surface area (Å²) in [5.41, 5.74) is 1.27. The lowest BCUT2D eigenvalue weighted by Crippen LogP contribution is -2.16. The molecule has 1 aromatic carbocycles. The molecule has 0 fully saturated rings. The summed E-state index contributed by atoms with van der Waals surface area (Å²) in [6, 6.07) is 2.77. The second kappa shape index (κ2) is 4.94. The monoisotopic (exact) mass is 261 g/mol. The van der Waals surface area contributed by atoms with E-state index in [-0.39, 0.29) is 11.3 Å². The number of carbonyl (C=O) groups excluding carboxylic acids is 1. The van der Waals surface area contributed by atoms with E-state index in [1.807, 2.05) is 0 Å². The number of aliphatic imine (C=N–C) groups is 1. The first-order valence-corrected chi connectivity index (χ1v) is 5.22. The molecule has 2 nitrogen and oxygen atoms in total. The van der Waals surface area contributed by atoms with E-state index < -0.39 is 11.4 Å². The van der Waals surface area contributed by atoms with Crippen molar-refractivity contribution in [3.05, 3.63) is 28.8 Å². The van der Waals surface area contributed by atoms with Gasteiger partial charge >= 0.3 is 6.18 Å². The van der Waals surface area contributed by atoms with Crippen LogP contribution in [0, 0.1) is 13.8 Å². The zero-order valence-electron chi connectivity index (χ0n) is 9.17. The highest BCUT2D eigenvalue weighted by Crippen LogP contribution is 2.40.